The second-order valence-electron chi connectivity index (χ2n) is 4.48. The van der Waals surface area contributed by atoms with Gasteiger partial charge in [-0.3, -0.25) is 0 Å². The molecule has 2 rings (SSSR count). The first-order valence-electron chi connectivity index (χ1n) is 6.10. The molecule has 0 radical (unpaired) electrons. The molecule has 16 heavy (non-hydrogen) atoms. The second-order valence-corrected chi connectivity index (χ2v) is 5.76. The molecular formula is C12H21N3S. The summed E-state index contributed by atoms with van der Waals surface area (Å²) in [4.78, 5) is 4.36. The van der Waals surface area contributed by atoms with Crippen LogP contribution in [0.5, 0.6) is 0 Å². The largest absolute Gasteiger partial charge is 0.354 e. The summed E-state index contributed by atoms with van der Waals surface area (Å²) in [5, 5.41) is 3.51. The van der Waals surface area contributed by atoms with Gasteiger partial charge in [-0.2, -0.15) is 11.8 Å². The normalized spacial score (nSPS) is 18.9. The van der Waals surface area contributed by atoms with E-state index in [-0.39, 0.29) is 0 Å². The molecule has 90 valence electrons. The highest BCUT2D eigenvalue weighted by molar-refractivity contribution is 8.00. The maximum atomic E-state index is 4.36. The van der Waals surface area contributed by atoms with Crippen molar-refractivity contribution < 1.29 is 0 Å². The van der Waals surface area contributed by atoms with E-state index >= 15 is 0 Å². The van der Waals surface area contributed by atoms with E-state index in [2.05, 4.69) is 28.0 Å². The van der Waals surface area contributed by atoms with E-state index in [1.165, 1.54) is 25.7 Å². The van der Waals surface area contributed by atoms with Crippen LogP contribution in [-0.2, 0) is 6.54 Å². The Morgan fingerprint density at radius 1 is 1.50 bits per heavy atom. The number of anilines is 1. The standard InChI is InChI=1S/C12H21N3S/c1-3-15-9-8-13-11(15)14-10-12(16-2)6-4-5-7-12/h8-9H,3-7,10H2,1-2H3,(H,13,14). The van der Waals surface area contributed by atoms with Crippen LogP contribution in [0.1, 0.15) is 32.6 Å². The quantitative estimate of drug-likeness (QED) is 0.856. The summed E-state index contributed by atoms with van der Waals surface area (Å²) in [5.74, 6) is 1.02. The van der Waals surface area contributed by atoms with Crippen molar-refractivity contribution in [2.75, 3.05) is 18.1 Å². The smallest absolute Gasteiger partial charge is 0.202 e. The minimum Gasteiger partial charge on any atom is -0.354 e. The Morgan fingerprint density at radius 2 is 2.25 bits per heavy atom. The average Bonchev–Trinajstić information content (AvgIpc) is 2.96. The number of nitrogens with one attached hydrogen (secondary N) is 1. The molecule has 3 nitrogen and oxygen atoms in total. The molecule has 1 aliphatic carbocycles. The van der Waals surface area contributed by atoms with E-state index in [0.29, 0.717) is 4.75 Å². The topological polar surface area (TPSA) is 29.9 Å². The number of aryl methyl sites for hydroxylation is 1. The van der Waals surface area contributed by atoms with Gasteiger partial charge in [0.2, 0.25) is 5.95 Å². The van der Waals surface area contributed by atoms with Gasteiger partial charge in [0.1, 0.15) is 0 Å². The predicted octanol–water partition coefficient (Wildman–Crippen LogP) is 2.99. The molecule has 1 aliphatic rings. The highest BCUT2D eigenvalue weighted by Crippen LogP contribution is 2.40. The van der Waals surface area contributed by atoms with Crippen LogP contribution in [0.3, 0.4) is 0 Å². The second kappa shape index (κ2) is 5.13. The van der Waals surface area contributed by atoms with E-state index in [0.717, 1.165) is 19.0 Å². The highest BCUT2D eigenvalue weighted by Gasteiger charge is 2.32. The number of hydrogen-bond donors (Lipinski definition) is 1. The van der Waals surface area contributed by atoms with E-state index in [1.54, 1.807) is 0 Å². The van der Waals surface area contributed by atoms with E-state index in [4.69, 9.17) is 0 Å². The van der Waals surface area contributed by atoms with Crippen molar-refractivity contribution in [2.45, 2.75) is 43.9 Å². The minimum atomic E-state index is 0.449. The lowest BCUT2D eigenvalue weighted by Crippen LogP contribution is -2.30. The average molecular weight is 239 g/mol. The fourth-order valence-electron chi connectivity index (χ4n) is 2.44. The zero-order valence-corrected chi connectivity index (χ0v) is 11.0. The minimum absolute atomic E-state index is 0.449. The first-order valence-corrected chi connectivity index (χ1v) is 7.32. The molecule has 0 amide bonds. The number of thioether (sulfide) groups is 1. The van der Waals surface area contributed by atoms with Gasteiger partial charge in [0.25, 0.3) is 0 Å². The molecule has 0 bridgehead atoms. The van der Waals surface area contributed by atoms with Crippen LogP contribution in [0, 0.1) is 0 Å². The number of aromatic nitrogens is 2. The van der Waals surface area contributed by atoms with Crippen LogP contribution in [0.4, 0.5) is 5.95 Å². The van der Waals surface area contributed by atoms with Crippen molar-refractivity contribution >= 4 is 17.7 Å². The van der Waals surface area contributed by atoms with Crippen molar-refractivity contribution in [1.29, 1.82) is 0 Å². The van der Waals surface area contributed by atoms with E-state index < -0.39 is 0 Å². The van der Waals surface area contributed by atoms with Crippen molar-refractivity contribution in [2.24, 2.45) is 0 Å². The molecule has 0 atom stereocenters. The molecule has 1 fully saturated rings. The molecule has 1 heterocycles. The van der Waals surface area contributed by atoms with Crippen LogP contribution in [-0.4, -0.2) is 27.1 Å². The molecule has 4 heteroatoms. The molecule has 1 N–H and O–H groups in total. The third-order valence-electron chi connectivity index (χ3n) is 3.57. The summed E-state index contributed by atoms with van der Waals surface area (Å²) in [7, 11) is 0. The van der Waals surface area contributed by atoms with Crippen LogP contribution >= 0.6 is 11.8 Å². The Kier molecular flexibility index (Phi) is 3.79. The van der Waals surface area contributed by atoms with Crippen LogP contribution in [0.2, 0.25) is 0 Å². The maximum Gasteiger partial charge on any atom is 0.202 e. The first-order chi connectivity index (χ1) is 7.79. The van der Waals surface area contributed by atoms with Gasteiger partial charge < -0.3 is 9.88 Å². The van der Waals surface area contributed by atoms with Crippen LogP contribution in [0.15, 0.2) is 12.4 Å². The Bertz CT molecular complexity index is 329. The summed E-state index contributed by atoms with van der Waals surface area (Å²) in [6, 6.07) is 0. The summed E-state index contributed by atoms with van der Waals surface area (Å²) < 4.78 is 2.60. The Hall–Kier alpha value is -0.640. The summed E-state index contributed by atoms with van der Waals surface area (Å²) >= 11 is 2.02. The zero-order chi connectivity index (χ0) is 11.4. The van der Waals surface area contributed by atoms with Gasteiger partial charge in [-0.1, -0.05) is 12.8 Å². The molecule has 0 aromatic carbocycles. The van der Waals surface area contributed by atoms with Gasteiger partial charge in [0.15, 0.2) is 0 Å². The van der Waals surface area contributed by atoms with Gasteiger partial charge in [-0.25, -0.2) is 4.98 Å². The van der Waals surface area contributed by atoms with Crippen molar-refractivity contribution in [3.8, 4) is 0 Å². The lowest BCUT2D eigenvalue weighted by Gasteiger charge is -2.27. The molecule has 1 aromatic heterocycles. The third kappa shape index (κ3) is 2.37. The molecule has 1 aromatic rings. The molecule has 0 aliphatic heterocycles. The number of hydrogen-bond acceptors (Lipinski definition) is 3. The third-order valence-corrected chi connectivity index (χ3v) is 4.99. The molecule has 0 spiro atoms. The van der Waals surface area contributed by atoms with Gasteiger partial charge in [0.05, 0.1) is 0 Å². The SMILES string of the molecule is CCn1ccnc1NCC1(SC)CCCC1. The van der Waals surface area contributed by atoms with Crippen molar-refractivity contribution in [3.05, 3.63) is 12.4 Å². The summed E-state index contributed by atoms with van der Waals surface area (Å²) in [5.41, 5.74) is 0. The fraction of sp³-hybridized carbons (Fsp3) is 0.750. The Balaban J connectivity index is 1.95. The predicted molar refractivity (Wildman–Crippen MR) is 71.1 cm³/mol. The fourth-order valence-corrected chi connectivity index (χ4v) is 3.36. The van der Waals surface area contributed by atoms with E-state index in [1.807, 2.05) is 24.2 Å². The summed E-state index contributed by atoms with van der Waals surface area (Å²) in [6.07, 6.45) is 11.6. The molecular weight excluding hydrogens is 218 g/mol. The Morgan fingerprint density at radius 3 is 2.88 bits per heavy atom. The monoisotopic (exact) mass is 239 g/mol. The number of rotatable bonds is 5. The van der Waals surface area contributed by atoms with Crippen molar-refractivity contribution in [3.63, 3.8) is 0 Å². The van der Waals surface area contributed by atoms with Gasteiger partial charge >= 0.3 is 0 Å². The highest BCUT2D eigenvalue weighted by atomic mass is 32.2. The number of imidazole rings is 1. The number of nitrogens with zero attached hydrogens (tertiary/aromatic N) is 2. The van der Waals surface area contributed by atoms with Crippen molar-refractivity contribution in [1.82, 2.24) is 9.55 Å². The van der Waals surface area contributed by atoms with Crippen LogP contribution < -0.4 is 5.32 Å². The molecule has 0 saturated heterocycles. The van der Waals surface area contributed by atoms with E-state index in [9.17, 15) is 0 Å². The lowest BCUT2D eigenvalue weighted by atomic mass is 10.1. The maximum absolute atomic E-state index is 4.36. The zero-order valence-electron chi connectivity index (χ0n) is 10.2. The van der Waals surface area contributed by atoms with Crippen LogP contribution in [0.25, 0.3) is 0 Å². The van der Waals surface area contributed by atoms with Gasteiger partial charge in [-0.05, 0) is 26.0 Å². The molecule has 1 saturated carbocycles. The van der Waals surface area contributed by atoms with Gasteiger partial charge in [-0.15, -0.1) is 0 Å². The lowest BCUT2D eigenvalue weighted by molar-refractivity contribution is 0.631. The summed E-state index contributed by atoms with van der Waals surface area (Å²) in [6.45, 7) is 4.17. The first kappa shape index (κ1) is 11.8. The molecule has 0 unspecified atom stereocenters. The Labute approximate surface area is 102 Å². The van der Waals surface area contributed by atoms with Gasteiger partial charge in [0, 0.05) is 30.2 Å².